The summed E-state index contributed by atoms with van der Waals surface area (Å²) in [7, 11) is 0. The summed E-state index contributed by atoms with van der Waals surface area (Å²) in [5, 5.41) is 9.18. The first-order valence-electron chi connectivity index (χ1n) is 11.5. The number of fused-ring (bicyclic) bond motifs is 2. The monoisotopic (exact) mass is 410 g/mol. The Kier molecular flexibility index (Phi) is 6.52. The molecule has 2 saturated heterocycles. The Morgan fingerprint density at radius 3 is 2.70 bits per heavy atom. The van der Waals surface area contributed by atoms with Crippen molar-refractivity contribution >= 4 is 16.7 Å². The molecule has 0 bridgehead atoms. The van der Waals surface area contributed by atoms with Crippen molar-refractivity contribution in [2.75, 3.05) is 19.6 Å². The van der Waals surface area contributed by atoms with E-state index in [-0.39, 0.29) is 17.9 Å². The lowest BCUT2D eigenvalue weighted by molar-refractivity contribution is -0.120. The molecule has 3 heterocycles. The fraction of sp³-hybridized carbons (Fsp3) is 0.625. The molecule has 30 heavy (non-hydrogen) atoms. The van der Waals surface area contributed by atoms with Crippen molar-refractivity contribution in [2.45, 2.75) is 65.0 Å². The third kappa shape index (κ3) is 4.59. The van der Waals surface area contributed by atoms with Crippen molar-refractivity contribution in [2.24, 2.45) is 11.8 Å². The molecule has 4 rings (SSSR count). The molecule has 162 valence electrons. The summed E-state index contributed by atoms with van der Waals surface area (Å²) in [6.45, 7) is 7.84. The molecule has 0 spiro atoms. The second-order valence-electron chi connectivity index (χ2n) is 9.36. The average molecular weight is 411 g/mol. The third-order valence-electron chi connectivity index (χ3n) is 6.60. The largest absolute Gasteiger partial charge is 0.355 e. The molecule has 2 aliphatic heterocycles. The van der Waals surface area contributed by atoms with Gasteiger partial charge in [0.2, 0.25) is 5.91 Å². The van der Waals surface area contributed by atoms with Crippen LogP contribution in [0, 0.1) is 11.8 Å². The van der Waals surface area contributed by atoms with Crippen LogP contribution in [0.1, 0.15) is 51.6 Å². The quantitative estimate of drug-likeness (QED) is 0.795. The Morgan fingerprint density at radius 2 is 1.90 bits per heavy atom. The van der Waals surface area contributed by atoms with E-state index in [2.05, 4.69) is 29.2 Å². The molecule has 1 amide bonds. The van der Waals surface area contributed by atoms with Crippen molar-refractivity contribution in [3.63, 3.8) is 0 Å². The van der Waals surface area contributed by atoms with E-state index in [4.69, 9.17) is 0 Å². The molecule has 2 fully saturated rings. The molecular weight excluding hydrogens is 376 g/mol. The molecule has 1 N–H and O–H groups in total. The molecule has 1 aromatic carbocycles. The minimum Gasteiger partial charge on any atom is -0.355 e. The van der Waals surface area contributed by atoms with Crippen LogP contribution in [-0.4, -0.2) is 46.3 Å². The summed E-state index contributed by atoms with van der Waals surface area (Å²) in [6, 6.07) is 8.12. The topological polar surface area (TPSA) is 67.2 Å². The van der Waals surface area contributed by atoms with Crippen molar-refractivity contribution in [3.8, 4) is 0 Å². The number of piperidine rings is 2. The highest BCUT2D eigenvalue weighted by atomic mass is 16.1. The van der Waals surface area contributed by atoms with E-state index in [0.717, 1.165) is 11.9 Å². The Bertz CT molecular complexity index is 950. The maximum atomic E-state index is 12.8. The van der Waals surface area contributed by atoms with E-state index in [1.807, 2.05) is 24.3 Å². The SMILES string of the molecule is CC(C)Cn1nc(CC(=O)NCC2CCCN3CCCCC23)c2ccccc2c1=O. The highest BCUT2D eigenvalue weighted by Gasteiger charge is 2.32. The average Bonchev–Trinajstić information content (AvgIpc) is 2.75. The normalized spacial score (nSPS) is 22.2. The first-order valence-corrected chi connectivity index (χ1v) is 11.5. The zero-order chi connectivity index (χ0) is 21.1. The molecule has 2 aromatic rings. The van der Waals surface area contributed by atoms with E-state index in [0.29, 0.717) is 35.5 Å². The predicted molar refractivity (Wildman–Crippen MR) is 119 cm³/mol. The van der Waals surface area contributed by atoms with Crippen LogP contribution in [-0.2, 0) is 17.8 Å². The summed E-state index contributed by atoms with van der Waals surface area (Å²) in [5.74, 6) is 0.848. The number of amides is 1. The van der Waals surface area contributed by atoms with Crippen LogP contribution in [0.3, 0.4) is 0 Å². The minimum atomic E-state index is -0.0805. The van der Waals surface area contributed by atoms with E-state index in [9.17, 15) is 9.59 Å². The molecule has 0 radical (unpaired) electrons. The first kappa shape index (κ1) is 21.0. The van der Waals surface area contributed by atoms with E-state index in [1.54, 1.807) is 0 Å². The number of carbonyl (C=O) groups is 1. The van der Waals surface area contributed by atoms with Crippen LogP contribution in [0.4, 0.5) is 0 Å². The zero-order valence-corrected chi connectivity index (χ0v) is 18.3. The van der Waals surface area contributed by atoms with Gasteiger partial charge < -0.3 is 10.2 Å². The Labute approximate surface area is 178 Å². The van der Waals surface area contributed by atoms with Crippen molar-refractivity contribution in [3.05, 3.63) is 40.3 Å². The number of aromatic nitrogens is 2. The van der Waals surface area contributed by atoms with Crippen LogP contribution < -0.4 is 10.9 Å². The van der Waals surface area contributed by atoms with Crippen LogP contribution in [0.5, 0.6) is 0 Å². The van der Waals surface area contributed by atoms with Gasteiger partial charge in [-0.25, -0.2) is 4.68 Å². The van der Waals surface area contributed by atoms with Gasteiger partial charge in [-0.2, -0.15) is 5.10 Å². The fourth-order valence-electron chi connectivity index (χ4n) is 5.18. The Balaban J connectivity index is 1.47. The van der Waals surface area contributed by atoms with Gasteiger partial charge in [0, 0.05) is 24.5 Å². The Hall–Kier alpha value is -2.21. The van der Waals surface area contributed by atoms with Gasteiger partial charge >= 0.3 is 0 Å². The highest BCUT2D eigenvalue weighted by Crippen LogP contribution is 2.30. The summed E-state index contributed by atoms with van der Waals surface area (Å²) >= 11 is 0. The number of benzene rings is 1. The van der Waals surface area contributed by atoms with Gasteiger partial charge in [0.25, 0.3) is 5.56 Å². The number of hydrogen-bond acceptors (Lipinski definition) is 4. The predicted octanol–water partition coefficient (Wildman–Crippen LogP) is 2.98. The second-order valence-corrected chi connectivity index (χ2v) is 9.36. The van der Waals surface area contributed by atoms with Gasteiger partial charge in [-0.1, -0.05) is 38.5 Å². The number of nitrogens with one attached hydrogen (secondary N) is 1. The molecular formula is C24H34N4O2. The van der Waals surface area contributed by atoms with Crippen LogP contribution in [0.25, 0.3) is 10.8 Å². The maximum absolute atomic E-state index is 12.8. The van der Waals surface area contributed by atoms with Gasteiger partial charge in [0.1, 0.15) is 0 Å². The number of rotatable bonds is 6. The lowest BCUT2D eigenvalue weighted by Gasteiger charge is -2.44. The van der Waals surface area contributed by atoms with Crippen LogP contribution in [0.15, 0.2) is 29.1 Å². The second kappa shape index (κ2) is 9.29. The Morgan fingerprint density at radius 1 is 1.13 bits per heavy atom. The van der Waals surface area contributed by atoms with Gasteiger partial charge in [-0.15, -0.1) is 0 Å². The van der Waals surface area contributed by atoms with E-state index in [1.165, 1.54) is 49.9 Å². The maximum Gasteiger partial charge on any atom is 0.274 e. The summed E-state index contributed by atoms with van der Waals surface area (Å²) in [4.78, 5) is 28.2. The first-order chi connectivity index (χ1) is 14.5. The number of hydrogen-bond donors (Lipinski definition) is 1. The number of carbonyl (C=O) groups excluding carboxylic acids is 1. The van der Waals surface area contributed by atoms with E-state index < -0.39 is 0 Å². The molecule has 1 aromatic heterocycles. The summed E-state index contributed by atoms with van der Waals surface area (Å²) in [6.07, 6.45) is 6.50. The van der Waals surface area contributed by atoms with Gasteiger partial charge in [-0.3, -0.25) is 9.59 Å². The lowest BCUT2D eigenvalue weighted by atomic mass is 9.83. The standard InChI is InChI=1S/C24H34N4O2/c1-17(2)16-28-24(30)20-10-4-3-9-19(20)21(26-28)14-23(29)25-15-18-8-7-13-27-12-6-5-11-22(18)27/h3-4,9-10,17-18,22H,5-8,11-16H2,1-2H3,(H,25,29). The smallest absolute Gasteiger partial charge is 0.274 e. The molecule has 2 unspecified atom stereocenters. The third-order valence-corrected chi connectivity index (χ3v) is 6.60. The van der Waals surface area contributed by atoms with Crippen molar-refractivity contribution in [1.82, 2.24) is 20.0 Å². The molecule has 6 nitrogen and oxygen atoms in total. The fourth-order valence-corrected chi connectivity index (χ4v) is 5.18. The number of nitrogens with zero attached hydrogens (tertiary/aromatic N) is 3. The molecule has 6 heteroatoms. The van der Waals surface area contributed by atoms with Crippen LogP contribution >= 0.6 is 0 Å². The lowest BCUT2D eigenvalue weighted by Crippen LogP contribution is -2.51. The molecule has 0 saturated carbocycles. The van der Waals surface area contributed by atoms with Crippen molar-refractivity contribution in [1.29, 1.82) is 0 Å². The van der Waals surface area contributed by atoms with Gasteiger partial charge in [0.05, 0.1) is 17.5 Å². The molecule has 2 aliphatic rings. The molecule has 0 aliphatic carbocycles. The van der Waals surface area contributed by atoms with Crippen LogP contribution in [0.2, 0.25) is 0 Å². The minimum absolute atomic E-state index is 0.00432. The van der Waals surface area contributed by atoms with Crippen molar-refractivity contribution < 1.29 is 4.79 Å². The van der Waals surface area contributed by atoms with Gasteiger partial charge in [-0.05, 0) is 56.7 Å². The van der Waals surface area contributed by atoms with E-state index >= 15 is 0 Å². The summed E-state index contributed by atoms with van der Waals surface area (Å²) in [5.41, 5.74) is 0.606. The highest BCUT2D eigenvalue weighted by molar-refractivity contribution is 5.88. The van der Waals surface area contributed by atoms with Gasteiger partial charge in [0.15, 0.2) is 0 Å². The summed E-state index contributed by atoms with van der Waals surface area (Å²) < 4.78 is 1.52. The molecule has 2 atom stereocenters. The zero-order valence-electron chi connectivity index (χ0n) is 18.3.